The number of hydrogen-bond acceptors (Lipinski definition) is 4. The lowest BCUT2D eigenvalue weighted by Crippen LogP contribution is -2.24. The van der Waals surface area contributed by atoms with Crippen LogP contribution in [0.1, 0.15) is 5.56 Å². The summed E-state index contributed by atoms with van der Waals surface area (Å²) in [6.45, 7) is 0. The molecule has 0 atom stereocenters. The van der Waals surface area contributed by atoms with E-state index in [1.807, 2.05) is 0 Å². The van der Waals surface area contributed by atoms with Crippen molar-refractivity contribution in [2.24, 2.45) is 0 Å². The maximum absolute atomic E-state index is 10.2. The van der Waals surface area contributed by atoms with Gasteiger partial charge in [-0.25, -0.2) is 0 Å². The summed E-state index contributed by atoms with van der Waals surface area (Å²) in [7, 11) is 1.42. The second-order valence-corrected chi connectivity index (χ2v) is 2.55. The molecular formula is C9H9O4-. The van der Waals surface area contributed by atoms with Gasteiger partial charge in [-0.3, -0.25) is 0 Å². The minimum Gasteiger partial charge on any atom is -0.550 e. The largest absolute Gasteiger partial charge is 0.550 e. The first kappa shape index (κ1) is 9.38. The average Bonchev–Trinajstić information content (AvgIpc) is 2.03. The molecule has 0 aliphatic heterocycles. The molecule has 70 valence electrons. The van der Waals surface area contributed by atoms with Crippen molar-refractivity contribution in [1.29, 1.82) is 0 Å². The highest BCUT2D eigenvalue weighted by Gasteiger charge is 2.01. The molecule has 0 saturated heterocycles. The summed E-state index contributed by atoms with van der Waals surface area (Å²) in [6.07, 6.45) is -0.211. The Morgan fingerprint density at radius 2 is 2.31 bits per heavy atom. The Kier molecular flexibility index (Phi) is 2.74. The lowest BCUT2D eigenvalue weighted by molar-refractivity contribution is -0.304. The molecule has 4 heteroatoms. The van der Waals surface area contributed by atoms with E-state index in [4.69, 9.17) is 4.74 Å². The van der Waals surface area contributed by atoms with E-state index in [0.717, 1.165) is 0 Å². The zero-order chi connectivity index (χ0) is 9.84. The highest BCUT2D eigenvalue weighted by Crippen LogP contribution is 2.26. The second kappa shape index (κ2) is 3.80. The molecule has 1 aromatic carbocycles. The van der Waals surface area contributed by atoms with Crippen LogP contribution in [-0.4, -0.2) is 18.2 Å². The van der Waals surface area contributed by atoms with Gasteiger partial charge in [0, 0.05) is 12.4 Å². The van der Waals surface area contributed by atoms with Crippen molar-refractivity contribution in [3.05, 3.63) is 23.8 Å². The molecule has 0 aliphatic carbocycles. The zero-order valence-corrected chi connectivity index (χ0v) is 7.11. The molecule has 0 unspecified atom stereocenters. The number of carbonyl (C=O) groups excluding carboxylic acids is 1. The van der Waals surface area contributed by atoms with Crippen molar-refractivity contribution in [3.63, 3.8) is 0 Å². The second-order valence-electron chi connectivity index (χ2n) is 2.55. The third-order valence-electron chi connectivity index (χ3n) is 1.59. The third kappa shape index (κ3) is 2.37. The summed E-state index contributed by atoms with van der Waals surface area (Å²) >= 11 is 0. The van der Waals surface area contributed by atoms with Crippen LogP contribution in [0.2, 0.25) is 0 Å². The molecular weight excluding hydrogens is 172 g/mol. The fraction of sp³-hybridized carbons (Fsp3) is 0.222. The van der Waals surface area contributed by atoms with E-state index in [2.05, 4.69) is 0 Å². The van der Waals surface area contributed by atoms with Crippen molar-refractivity contribution in [2.45, 2.75) is 6.42 Å². The molecule has 0 radical (unpaired) electrons. The van der Waals surface area contributed by atoms with Gasteiger partial charge in [-0.1, -0.05) is 6.07 Å². The van der Waals surface area contributed by atoms with Gasteiger partial charge < -0.3 is 19.7 Å². The van der Waals surface area contributed by atoms with Crippen molar-refractivity contribution >= 4 is 5.97 Å². The number of benzene rings is 1. The quantitative estimate of drug-likeness (QED) is 0.694. The summed E-state index contributed by atoms with van der Waals surface area (Å²) in [6, 6.07) is 4.41. The van der Waals surface area contributed by atoms with Crippen LogP contribution in [0.3, 0.4) is 0 Å². The van der Waals surface area contributed by atoms with Gasteiger partial charge in [-0.2, -0.15) is 0 Å². The summed E-state index contributed by atoms with van der Waals surface area (Å²) < 4.78 is 4.79. The molecule has 0 aromatic heterocycles. The van der Waals surface area contributed by atoms with E-state index in [0.29, 0.717) is 11.3 Å². The van der Waals surface area contributed by atoms with Gasteiger partial charge >= 0.3 is 0 Å². The Balaban J connectivity index is 2.89. The van der Waals surface area contributed by atoms with Crippen LogP contribution in [0, 0.1) is 0 Å². The van der Waals surface area contributed by atoms with Crippen molar-refractivity contribution < 1.29 is 19.7 Å². The number of carbonyl (C=O) groups is 1. The van der Waals surface area contributed by atoms with Gasteiger partial charge in [0.05, 0.1) is 7.11 Å². The lowest BCUT2D eigenvalue weighted by Gasteiger charge is -2.06. The first-order chi connectivity index (χ1) is 6.13. The van der Waals surface area contributed by atoms with Gasteiger partial charge in [0.15, 0.2) is 11.5 Å². The fourth-order valence-corrected chi connectivity index (χ4v) is 1.01. The summed E-state index contributed by atoms with van der Waals surface area (Å²) in [5.41, 5.74) is 0.485. The number of methoxy groups -OCH3 is 1. The van der Waals surface area contributed by atoms with Crippen LogP contribution < -0.4 is 9.84 Å². The van der Waals surface area contributed by atoms with Crippen molar-refractivity contribution in [3.8, 4) is 11.5 Å². The molecule has 1 rings (SSSR count). The number of aliphatic carboxylic acids is 1. The lowest BCUT2D eigenvalue weighted by atomic mass is 10.1. The number of hydrogen-bond donors (Lipinski definition) is 1. The van der Waals surface area contributed by atoms with Crippen LogP contribution >= 0.6 is 0 Å². The molecule has 0 fully saturated rings. The van der Waals surface area contributed by atoms with Gasteiger partial charge in [0.2, 0.25) is 0 Å². The van der Waals surface area contributed by atoms with Gasteiger partial charge in [-0.15, -0.1) is 0 Å². The predicted molar refractivity (Wildman–Crippen MR) is 43.4 cm³/mol. The number of carboxylic acids is 1. The number of aromatic hydroxyl groups is 1. The monoisotopic (exact) mass is 181 g/mol. The smallest absolute Gasteiger partial charge is 0.160 e. The van der Waals surface area contributed by atoms with E-state index >= 15 is 0 Å². The number of rotatable bonds is 3. The normalized spacial score (nSPS) is 9.62. The minimum atomic E-state index is -1.18. The molecule has 1 aromatic rings. The maximum Gasteiger partial charge on any atom is 0.160 e. The molecule has 0 spiro atoms. The van der Waals surface area contributed by atoms with E-state index in [1.165, 1.54) is 19.2 Å². The molecule has 1 N–H and O–H groups in total. The molecule has 0 heterocycles. The predicted octanol–water partition coefficient (Wildman–Crippen LogP) is -0.307. The Hall–Kier alpha value is -1.71. The Morgan fingerprint density at radius 1 is 1.62 bits per heavy atom. The summed E-state index contributed by atoms with van der Waals surface area (Å²) in [5, 5.41) is 19.5. The number of carboxylic acid groups (broad SMARTS) is 1. The van der Waals surface area contributed by atoms with Gasteiger partial charge in [0.1, 0.15) is 0 Å². The minimum absolute atomic E-state index is 0.0683. The SMILES string of the molecule is COc1ccc(CC(=O)[O-])cc1O. The molecule has 0 bridgehead atoms. The number of phenolic OH excluding ortho intramolecular Hbond substituents is 1. The Labute approximate surface area is 75.4 Å². The van der Waals surface area contributed by atoms with E-state index in [9.17, 15) is 15.0 Å². The number of ether oxygens (including phenoxy) is 1. The first-order valence-electron chi connectivity index (χ1n) is 3.69. The van der Waals surface area contributed by atoms with Crippen LogP contribution in [-0.2, 0) is 11.2 Å². The molecule has 4 nitrogen and oxygen atoms in total. The van der Waals surface area contributed by atoms with Crippen LogP contribution in [0.4, 0.5) is 0 Å². The fourth-order valence-electron chi connectivity index (χ4n) is 1.01. The molecule has 0 saturated carbocycles. The molecule has 13 heavy (non-hydrogen) atoms. The van der Waals surface area contributed by atoms with Gasteiger partial charge in [0.25, 0.3) is 0 Å². The number of phenols is 1. The van der Waals surface area contributed by atoms with Gasteiger partial charge in [-0.05, 0) is 17.7 Å². The van der Waals surface area contributed by atoms with E-state index < -0.39 is 5.97 Å². The topological polar surface area (TPSA) is 69.6 Å². The molecule has 0 aliphatic rings. The summed E-state index contributed by atoms with van der Waals surface area (Å²) in [5.74, 6) is -0.923. The van der Waals surface area contributed by atoms with Crippen molar-refractivity contribution in [1.82, 2.24) is 0 Å². The standard InChI is InChI=1S/C9H10O4/c1-13-8-3-2-6(4-7(8)10)5-9(11)12/h2-4,10H,5H2,1H3,(H,11,12)/p-1. The average molecular weight is 181 g/mol. The highest BCUT2D eigenvalue weighted by atomic mass is 16.5. The highest BCUT2D eigenvalue weighted by molar-refractivity contribution is 5.68. The van der Waals surface area contributed by atoms with E-state index in [1.54, 1.807) is 6.07 Å². The zero-order valence-electron chi connectivity index (χ0n) is 7.11. The third-order valence-corrected chi connectivity index (χ3v) is 1.59. The van der Waals surface area contributed by atoms with Crippen molar-refractivity contribution in [2.75, 3.05) is 7.11 Å². The first-order valence-corrected chi connectivity index (χ1v) is 3.69. The molecule has 0 amide bonds. The maximum atomic E-state index is 10.2. The van der Waals surface area contributed by atoms with Crippen LogP contribution in [0.25, 0.3) is 0 Å². The van der Waals surface area contributed by atoms with E-state index in [-0.39, 0.29) is 12.2 Å². The van der Waals surface area contributed by atoms with Crippen LogP contribution in [0.15, 0.2) is 18.2 Å². The Bertz CT molecular complexity index is 319. The Morgan fingerprint density at radius 3 is 2.77 bits per heavy atom. The van der Waals surface area contributed by atoms with Crippen LogP contribution in [0.5, 0.6) is 11.5 Å². The summed E-state index contributed by atoms with van der Waals surface area (Å²) in [4.78, 5) is 10.2.